The first-order valence-corrected chi connectivity index (χ1v) is 5.38. The summed E-state index contributed by atoms with van der Waals surface area (Å²) in [6, 6.07) is 3.00. The van der Waals surface area contributed by atoms with Crippen LogP contribution in [0.4, 0.5) is 13.2 Å². The second-order valence-electron chi connectivity index (χ2n) is 4.11. The van der Waals surface area contributed by atoms with Crippen LogP contribution in [0.1, 0.15) is 23.4 Å². The number of piperidine rings is 1. The summed E-state index contributed by atoms with van der Waals surface area (Å²) in [7, 11) is 0. The minimum atomic E-state index is -4.23. The van der Waals surface area contributed by atoms with Gasteiger partial charge in [-0.15, -0.1) is 0 Å². The van der Waals surface area contributed by atoms with Gasteiger partial charge in [0.25, 0.3) is 5.91 Å². The molecule has 2 rings (SSSR count). The monoisotopic (exact) mass is 247 g/mol. The molecule has 1 aliphatic heterocycles. The van der Waals surface area contributed by atoms with E-state index in [4.69, 9.17) is 4.42 Å². The Morgan fingerprint density at radius 3 is 2.82 bits per heavy atom. The Bertz CT molecular complexity index is 386. The lowest BCUT2D eigenvalue weighted by Crippen LogP contribution is -2.44. The lowest BCUT2D eigenvalue weighted by atomic mass is 9.97. The van der Waals surface area contributed by atoms with Crippen molar-refractivity contribution in [1.82, 2.24) is 4.90 Å². The number of hydrogen-bond acceptors (Lipinski definition) is 2. The standard InChI is InChI=1S/C11H12F3NO2/c12-11(13,14)8-3-1-5-15(7-8)10(16)9-4-2-6-17-9/h2,4,6,8H,1,3,5,7H2/t8-/m1/s1. The van der Waals surface area contributed by atoms with E-state index < -0.39 is 18.0 Å². The van der Waals surface area contributed by atoms with E-state index >= 15 is 0 Å². The number of amides is 1. The Morgan fingerprint density at radius 2 is 2.24 bits per heavy atom. The Labute approximate surface area is 96.2 Å². The summed E-state index contributed by atoms with van der Waals surface area (Å²) in [5, 5.41) is 0. The molecule has 1 aliphatic rings. The van der Waals surface area contributed by atoms with Crippen molar-refractivity contribution in [2.24, 2.45) is 5.92 Å². The van der Waals surface area contributed by atoms with Gasteiger partial charge >= 0.3 is 6.18 Å². The van der Waals surface area contributed by atoms with Gasteiger partial charge in [0.15, 0.2) is 5.76 Å². The zero-order valence-electron chi connectivity index (χ0n) is 9.04. The van der Waals surface area contributed by atoms with Crippen LogP contribution < -0.4 is 0 Å². The van der Waals surface area contributed by atoms with Crippen molar-refractivity contribution >= 4 is 5.91 Å². The Balaban J connectivity index is 2.05. The minimum Gasteiger partial charge on any atom is -0.459 e. The second-order valence-corrected chi connectivity index (χ2v) is 4.11. The molecule has 2 heterocycles. The van der Waals surface area contributed by atoms with E-state index in [0.29, 0.717) is 13.0 Å². The fraction of sp³-hybridized carbons (Fsp3) is 0.545. The van der Waals surface area contributed by atoms with Crippen molar-refractivity contribution < 1.29 is 22.4 Å². The average molecular weight is 247 g/mol. The molecule has 1 atom stereocenters. The van der Waals surface area contributed by atoms with Gasteiger partial charge in [0, 0.05) is 13.1 Å². The van der Waals surface area contributed by atoms with Crippen LogP contribution in [0.25, 0.3) is 0 Å². The summed E-state index contributed by atoms with van der Waals surface area (Å²) in [6.45, 7) is 0.0785. The van der Waals surface area contributed by atoms with E-state index in [1.165, 1.54) is 17.2 Å². The van der Waals surface area contributed by atoms with Crippen LogP contribution in [-0.2, 0) is 0 Å². The highest BCUT2D eigenvalue weighted by atomic mass is 19.4. The summed E-state index contributed by atoms with van der Waals surface area (Å²) in [5.41, 5.74) is 0. The van der Waals surface area contributed by atoms with Gasteiger partial charge in [-0.1, -0.05) is 0 Å². The van der Waals surface area contributed by atoms with Crippen molar-refractivity contribution in [2.75, 3.05) is 13.1 Å². The van der Waals surface area contributed by atoms with Crippen LogP contribution in [0.15, 0.2) is 22.8 Å². The normalized spacial score (nSPS) is 21.6. The van der Waals surface area contributed by atoms with Crippen LogP contribution >= 0.6 is 0 Å². The highest BCUT2D eigenvalue weighted by Gasteiger charge is 2.42. The van der Waals surface area contributed by atoms with Crippen LogP contribution in [-0.4, -0.2) is 30.1 Å². The Morgan fingerprint density at radius 1 is 1.47 bits per heavy atom. The van der Waals surface area contributed by atoms with Gasteiger partial charge in [-0.2, -0.15) is 13.2 Å². The highest BCUT2D eigenvalue weighted by molar-refractivity contribution is 5.91. The number of furan rings is 1. The van der Waals surface area contributed by atoms with Crippen molar-refractivity contribution in [3.63, 3.8) is 0 Å². The number of halogens is 3. The first kappa shape index (κ1) is 12.0. The molecule has 0 bridgehead atoms. The van der Waals surface area contributed by atoms with Crippen LogP contribution in [0, 0.1) is 5.92 Å². The third-order valence-corrected chi connectivity index (χ3v) is 2.90. The third-order valence-electron chi connectivity index (χ3n) is 2.90. The second kappa shape index (κ2) is 4.43. The maximum atomic E-state index is 12.6. The van der Waals surface area contributed by atoms with Crippen LogP contribution in [0.5, 0.6) is 0 Å². The van der Waals surface area contributed by atoms with Crippen molar-refractivity contribution in [1.29, 1.82) is 0 Å². The molecule has 0 saturated carbocycles. The van der Waals surface area contributed by atoms with Crippen molar-refractivity contribution in [2.45, 2.75) is 19.0 Å². The lowest BCUT2D eigenvalue weighted by molar-refractivity contribution is -0.184. The molecule has 94 valence electrons. The quantitative estimate of drug-likeness (QED) is 0.764. The predicted octanol–water partition coefficient (Wildman–Crippen LogP) is 2.69. The molecule has 17 heavy (non-hydrogen) atoms. The van der Waals surface area contributed by atoms with Gasteiger partial charge < -0.3 is 9.32 Å². The molecule has 0 aliphatic carbocycles. The topological polar surface area (TPSA) is 33.5 Å². The maximum Gasteiger partial charge on any atom is 0.393 e. The third kappa shape index (κ3) is 2.62. The molecular formula is C11H12F3NO2. The fourth-order valence-corrected chi connectivity index (χ4v) is 1.98. The molecule has 1 amide bonds. The maximum absolute atomic E-state index is 12.6. The highest BCUT2D eigenvalue weighted by Crippen LogP contribution is 2.33. The van der Waals surface area contributed by atoms with E-state index in [1.54, 1.807) is 6.07 Å². The number of carbonyl (C=O) groups excluding carboxylic acids is 1. The number of likely N-dealkylation sites (tertiary alicyclic amines) is 1. The SMILES string of the molecule is O=C(c1ccco1)N1CCC[C@@H](C(F)(F)F)C1. The molecule has 1 aromatic heterocycles. The lowest BCUT2D eigenvalue weighted by Gasteiger charge is -2.33. The van der Waals surface area contributed by atoms with Gasteiger partial charge in [0.05, 0.1) is 12.2 Å². The molecule has 0 aromatic carbocycles. The van der Waals surface area contributed by atoms with Crippen LogP contribution in [0.2, 0.25) is 0 Å². The van der Waals surface area contributed by atoms with Gasteiger partial charge in [-0.25, -0.2) is 0 Å². The van der Waals surface area contributed by atoms with Gasteiger partial charge in [0.2, 0.25) is 0 Å². The molecule has 1 saturated heterocycles. The Hall–Kier alpha value is -1.46. The molecule has 1 fully saturated rings. The molecule has 1 aromatic rings. The molecular weight excluding hydrogens is 235 g/mol. The van der Waals surface area contributed by atoms with E-state index in [0.717, 1.165) is 0 Å². The van der Waals surface area contributed by atoms with Crippen molar-refractivity contribution in [3.8, 4) is 0 Å². The van der Waals surface area contributed by atoms with Gasteiger partial charge in [0.1, 0.15) is 0 Å². The summed E-state index contributed by atoms with van der Waals surface area (Å²) in [5.74, 6) is -1.80. The fourth-order valence-electron chi connectivity index (χ4n) is 1.98. The predicted molar refractivity (Wildman–Crippen MR) is 53.4 cm³/mol. The Kier molecular flexibility index (Phi) is 3.13. The molecule has 3 nitrogen and oxygen atoms in total. The zero-order valence-corrected chi connectivity index (χ0v) is 9.04. The molecule has 6 heteroatoms. The minimum absolute atomic E-state index is 0.0887. The van der Waals surface area contributed by atoms with E-state index in [9.17, 15) is 18.0 Å². The smallest absolute Gasteiger partial charge is 0.393 e. The van der Waals surface area contributed by atoms with E-state index in [2.05, 4.69) is 0 Å². The largest absolute Gasteiger partial charge is 0.459 e. The first-order valence-electron chi connectivity index (χ1n) is 5.38. The number of carbonyl (C=O) groups is 1. The number of alkyl halides is 3. The number of hydrogen-bond donors (Lipinski definition) is 0. The average Bonchev–Trinajstić information content (AvgIpc) is 2.80. The molecule has 0 unspecified atom stereocenters. The summed E-state index contributed by atoms with van der Waals surface area (Å²) in [4.78, 5) is 13.0. The number of nitrogens with zero attached hydrogens (tertiary/aromatic N) is 1. The van der Waals surface area contributed by atoms with E-state index in [-0.39, 0.29) is 18.7 Å². The van der Waals surface area contributed by atoms with E-state index in [1.807, 2.05) is 0 Å². The van der Waals surface area contributed by atoms with Gasteiger partial charge in [-0.3, -0.25) is 4.79 Å². The summed E-state index contributed by atoms with van der Waals surface area (Å²) in [6.07, 6.45) is -2.44. The van der Waals surface area contributed by atoms with Crippen LogP contribution in [0.3, 0.4) is 0 Å². The summed E-state index contributed by atoms with van der Waals surface area (Å²) < 4.78 is 42.6. The zero-order chi connectivity index (χ0) is 12.5. The molecule has 0 radical (unpaired) electrons. The summed E-state index contributed by atoms with van der Waals surface area (Å²) >= 11 is 0. The van der Waals surface area contributed by atoms with Crippen molar-refractivity contribution in [3.05, 3.63) is 24.2 Å². The first-order chi connectivity index (χ1) is 7.98. The molecule has 0 spiro atoms. The molecule has 0 N–H and O–H groups in total. The van der Waals surface area contributed by atoms with Gasteiger partial charge in [-0.05, 0) is 25.0 Å². The number of rotatable bonds is 1.